The van der Waals surface area contributed by atoms with Crippen molar-refractivity contribution in [3.63, 3.8) is 0 Å². The molecule has 0 bridgehead atoms. The summed E-state index contributed by atoms with van der Waals surface area (Å²) >= 11 is 4.75. The highest BCUT2D eigenvalue weighted by Gasteiger charge is 2.37. The van der Waals surface area contributed by atoms with Gasteiger partial charge in [0.05, 0.1) is 26.0 Å². The van der Waals surface area contributed by atoms with Crippen molar-refractivity contribution in [2.75, 3.05) is 14.2 Å². The molecular formula is C12H11F3N4O2S. The van der Waals surface area contributed by atoms with Crippen LogP contribution in [0.4, 0.5) is 13.2 Å². The van der Waals surface area contributed by atoms with E-state index in [0.29, 0.717) is 21.7 Å². The molecule has 0 aliphatic heterocycles. The van der Waals surface area contributed by atoms with Gasteiger partial charge in [-0.2, -0.15) is 22.9 Å². The topological polar surface area (TPSA) is 64.4 Å². The second-order valence-corrected chi connectivity index (χ2v) is 4.37. The summed E-state index contributed by atoms with van der Waals surface area (Å²) in [4.78, 5) is 0. The molecule has 0 amide bonds. The maximum absolute atomic E-state index is 12.8. The van der Waals surface area contributed by atoms with Crippen LogP contribution in [-0.2, 0) is 6.18 Å². The summed E-state index contributed by atoms with van der Waals surface area (Å²) in [6, 6.07) is 4.94. The molecule has 10 heteroatoms. The number of rotatable bonds is 4. The highest BCUT2D eigenvalue weighted by Crippen LogP contribution is 2.28. The lowest BCUT2D eigenvalue weighted by Crippen LogP contribution is -2.13. The average molecular weight is 332 g/mol. The highest BCUT2D eigenvalue weighted by atomic mass is 32.1. The minimum atomic E-state index is -4.68. The van der Waals surface area contributed by atoms with Crippen molar-refractivity contribution in [1.82, 2.24) is 14.9 Å². The summed E-state index contributed by atoms with van der Waals surface area (Å²) in [5, 5.41) is 8.92. The molecule has 118 valence electrons. The van der Waals surface area contributed by atoms with E-state index in [4.69, 9.17) is 21.7 Å². The Balaban J connectivity index is 2.51. The van der Waals surface area contributed by atoms with Crippen molar-refractivity contribution in [2.24, 2.45) is 5.10 Å². The van der Waals surface area contributed by atoms with Crippen LogP contribution in [0.2, 0.25) is 0 Å². The molecule has 0 unspecified atom stereocenters. The predicted octanol–water partition coefficient (Wildman–Crippen LogP) is 2.86. The first kappa shape index (κ1) is 16.0. The smallest absolute Gasteiger partial charge is 0.453 e. The highest BCUT2D eigenvalue weighted by molar-refractivity contribution is 7.71. The lowest BCUT2D eigenvalue weighted by atomic mass is 10.2. The molecule has 1 aromatic heterocycles. The minimum Gasteiger partial charge on any atom is -0.496 e. The Hall–Kier alpha value is -2.36. The predicted molar refractivity (Wildman–Crippen MR) is 75.0 cm³/mol. The number of aromatic amines is 1. The Kier molecular flexibility index (Phi) is 4.50. The zero-order chi connectivity index (χ0) is 16.3. The van der Waals surface area contributed by atoms with Crippen LogP contribution in [0.1, 0.15) is 11.4 Å². The van der Waals surface area contributed by atoms with Crippen molar-refractivity contribution >= 4 is 18.4 Å². The number of hydrogen-bond donors (Lipinski definition) is 1. The third kappa shape index (κ3) is 3.11. The Morgan fingerprint density at radius 2 is 1.86 bits per heavy atom. The standard InChI is InChI=1S/C12H11F3N4O2S/c1-20-8-4-3-5-9(21-2)7(8)6-16-19-10(12(13,14)15)17-18-11(19)22/h3-6H,1-2H3,(H,18,22)/b16-6-. The number of nitrogens with one attached hydrogen (secondary N) is 1. The van der Waals surface area contributed by atoms with Crippen molar-refractivity contribution in [2.45, 2.75) is 6.18 Å². The van der Waals surface area contributed by atoms with Crippen LogP contribution in [-0.4, -0.2) is 35.3 Å². The molecule has 0 fully saturated rings. The molecule has 0 saturated heterocycles. The van der Waals surface area contributed by atoms with Gasteiger partial charge in [0.1, 0.15) is 11.5 Å². The van der Waals surface area contributed by atoms with Gasteiger partial charge in [0.15, 0.2) is 0 Å². The largest absolute Gasteiger partial charge is 0.496 e. The van der Waals surface area contributed by atoms with Crippen molar-refractivity contribution in [3.05, 3.63) is 34.4 Å². The first-order valence-corrected chi connectivity index (χ1v) is 6.29. The number of ether oxygens (including phenoxy) is 2. The summed E-state index contributed by atoms with van der Waals surface area (Å²) in [5.74, 6) is -0.457. The summed E-state index contributed by atoms with van der Waals surface area (Å²) < 4.78 is 48.9. The molecule has 0 radical (unpaired) electrons. The van der Waals surface area contributed by atoms with Crippen molar-refractivity contribution in [3.8, 4) is 11.5 Å². The van der Waals surface area contributed by atoms with Crippen molar-refractivity contribution < 1.29 is 22.6 Å². The van der Waals surface area contributed by atoms with E-state index in [1.165, 1.54) is 14.2 Å². The molecule has 2 rings (SSSR count). The fraction of sp³-hybridized carbons (Fsp3) is 0.250. The first-order chi connectivity index (χ1) is 10.4. The Morgan fingerprint density at radius 1 is 1.27 bits per heavy atom. The maximum Gasteiger partial charge on any atom is 0.453 e. The quantitative estimate of drug-likeness (QED) is 0.691. The van der Waals surface area contributed by atoms with Crippen molar-refractivity contribution in [1.29, 1.82) is 0 Å². The van der Waals surface area contributed by atoms with E-state index in [1.54, 1.807) is 18.2 Å². The SMILES string of the molecule is COc1cccc(OC)c1/C=N\n1c(C(F)(F)F)n[nH]c1=S. The van der Waals surface area contributed by atoms with Crippen LogP contribution in [0.25, 0.3) is 0 Å². The third-order valence-electron chi connectivity index (χ3n) is 2.67. The van der Waals surface area contributed by atoms with Gasteiger partial charge in [-0.1, -0.05) is 6.07 Å². The zero-order valence-electron chi connectivity index (χ0n) is 11.5. The van der Waals surface area contributed by atoms with Gasteiger partial charge in [-0.25, -0.2) is 5.10 Å². The molecule has 2 aromatic rings. The van der Waals surface area contributed by atoms with Crippen LogP contribution >= 0.6 is 12.2 Å². The molecule has 0 aliphatic rings. The van der Waals surface area contributed by atoms with Gasteiger partial charge in [0.2, 0.25) is 4.77 Å². The number of halogens is 3. The number of nitrogens with zero attached hydrogens (tertiary/aromatic N) is 3. The summed E-state index contributed by atoms with van der Waals surface area (Å²) in [7, 11) is 2.85. The number of alkyl halides is 3. The van der Waals surface area contributed by atoms with Gasteiger partial charge in [0.25, 0.3) is 5.82 Å². The van der Waals surface area contributed by atoms with E-state index in [1.807, 2.05) is 0 Å². The van der Waals surface area contributed by atoms with E-state index in [0.717, 1.165) is 6.21 Å². The first-order valence-electron chi connectivity index (χ1n) is 5.88. The van der Waals surface area contributed by atoms with Crippen LogP contribution < -0.4 is 9.47 Å². The molecule has 1 N–H and O–H groups in total. The van der Waals surface area contributed by atoms with Gasteiger partial charge < -0.3 is 9.47 Å². The Labute approximate surface area is 128 Å². The third-order valence-corrected chi connectivity index (χ3v) is 2.94. The fourth-order valence-electron chi connectivity index (χ4n) is 1.70. The molecule has 1 aromatic carbocycles. The number of methoxy groups -OCH3 is 2. The molecule has 0 saturated carbocycles. The molecule has 0 spiro atoms. The van der Waals surface area contributed by atoms with E-state index < -0.39 is 12.0 Å². The zero-order valence-corrected chi connectivity index (χ0v) is 12.3. The van der Waals surface area contributed by atoms with E-state index in [9.17, 15) is 13.2 Å². The number of hydrogen-bond acceptors (Lipinski definition) is 5. The monoisotopic (exact) mass is 332 g/mol. The lowest BCUT2D eigenvalue weighted by Gasteiger charge is -2.09. The van der Waals surface area contributed by atoms with E-state index in [2.05, 4.69) is 15.3 Å². The van der Waals surface area contributed by atoms with Crippen LogP contribution in [0, 0.1) is 4.77 Å². The minimum absolute atomic E-state index is 0.280. The lowest BCUT2D eigenvalue weighted by molar-refractivity contribution is -0.147. The van der Waals surface area contributed by atoms with Gasteiger partial charge in [0, 0.05) is 0 Å². The molecule has 6 nitrogen and oxygen atoms in total. The second-order valence-electron chi connectivity index (χ2n) is 3.98. The fourth-order valence-corrected chi connectivity index (χ4v) is 1.88. The molecular weight excluding hydrogens is 321 g/mol. The number of aromatic nitrogens is 3. The van der Waals surface area contributed by atoms with Crippen LogP contribution in [0.3, 0.4) is 0 Å². The second kappa shape index (κ2) is 6.18. The Bertz CT molecular complexity index is 729. The van der Waals surface area contributed by atoms with Gasteiger partial charge in [-0.05, 0) is 24.4 Å². The van der Waals surface area contributed by atoms with E-state index >= 15 is 0 Å². The number of H-pyrrole nitrogens is 1. The summed E-state index contributed by atoms with van der Waals surface area (Å²) in [6.07, 6.45) is -3.52. The van der Waals surface area contributed by atoms with Crippen LogP contribution in [0.15, 0.2) is 23.3 Å². The summed E-state index contributed by atoms with van der Waals surface area (Å²) in [6.45, 7) is 0. The molecule has 22 heavy (non-hydrogen) atoms. The van der Waals surface area contributed by atoms with Gasteiger partial charge >= 0.3 is 6.18 Å². The van der Waals surface area contributed by atoms with Gasteiger partial charge in [-0.15, -0.1) is 5.10 Å². The van der Waals surface area contributed by atoms with Crippen LogP contribution in [0.5, 0.6) is 11.5 Å². The maximum atomic E-state index is 12.8. The molecule has 1 heterocycles. The van der Waals surface area contributed by atoms with Gasteiger partial charge in [-0.3, -0.25) is 0 Å². The normalized spacial score (nSPS) is 11.9. The molecule has 0 aliphatic carbocycles. The Morgan fingerprint density at radius 3 is 2.36 bits per heavy atom. The molecule has 0 atom stereocenters. The van der Waals surface area contributed by atoms with E-state index in [-0.39, 0.29) is 4.77 Å². The average Bonchev–Trinajstić information content (AvgIpc) is 2.85. The summed E-state index contributed by atoms with van der Waals surface area (Å²) in [5.41, 5.74) is 0.378. The number of benzene rings is 1.